The minimum Gasteiger partial charge on any atom is -0.497 e. The normalized spacial score (nSPS) is 16.5. The SMILES string of the molecule is CN=C(NCc1cn2ccsc2n1)NCC(c1ccc(OC)cc1)N1CCOCC1. The minimum absolute atomic E-state index is 0.219. The first kappa shape index (κ1) is 20.6. The van der Waals surface area contributed by atoms with E-state index in [-0.39, 0.29) is 6.04 Å². The van der Waals surface area contributed by atoms with Crippen LogP contribution in [0.1, 0.15) is 17.3 Å². The number of hydrogen-bond acceptors (Lipinski definition) is 6. The number of rotatable bonds is 7. The molecule has 0 spiro atoms. The number of benzene rings is 1. The first-order chi connectivity index (χ1) is 14.8. The molecule has 1 saturated heterocycles. The number of nitrogens with zero attached hydrogens (tertiary/aromatic N) is 4. The zero-order valence-corrected chi connectivity index (χ0v) is 18.2. The van der Waals surface area contributed by atoms with Crippen LogP contribution in [0.4, 0.5) is 0 Å². The third-order valence-corrected chi connectivity index (χ3v) is 6.02. The molecule has 1 aromatic carbocycles. The molecule has 1 fully saturated rings. The third-order valence-electron chi connectivity index (χ3n) is 5.25. The van der Waals surface area contributed by atoms with E-state index in [1.165, 1.54) is 5.56 Å². The Bertz CT molecular complexity index is 933. The molecule has 1 aliphatic rings. The van der Waals surface area contributed by atoms with Crippen LogP contribution in [-0.4, -0.2) is 67.2 Å². The van der Waals surface area contributed by atoms with E-state index in [0.29, 0.717) is 6.54 Å². The molecule has 0 aliphatic carbocycles. The molecule has 9 heteroatoms. The Morgan fingerprint density at radius 2 is 2.07 bits per heavy atom. The summed E-state index contributed by atoms with van der Waals surface area (Å²) >= 11 is 1.63. The van der Waals surface area contributed by atoms with Gasteiger partial charge in [0.05, 0.1) is 38.6 Å². The maximum atomic E-state index is 5.55. The standard InChI is InChI=1S/C21H28N6O2S/c1-22-20(23-13-17-15-27-9-12-30-21(27)25-17)24-14-19(26-7-10-29-11-8-26)16-3-5-18(28-2)6-4-16/h3-6,9,12,15,19H,7-8,10-11,13-14H2,1-2H3,(H2,22,23,24). The van der Waals surface area contributed by atoms with Crippen molar-refractivity contribution in [1.82, 2.24) is 24.9 Å². The van der Waals surface area contributed by atoms with Gasteiger partial charge in [0.1, 0.15) is 5.75 Å². The van der Waals surface area contributed by atoms with Crippen LogP contribution in [0.15, 0.2) is 47.0 Å². The van der Waals surface area contributed by atoms with Gasteiger partial charge >= 0.3 is 0 Å². The Balaban J connectivity index is 1.39. The van der Waals surface area contributed by atoms with E-state index in [0.717, 1.165) is 55.2 Å². The molecule has 0 radical (unpaired) electrons. The molecule has 160 valence electrons. The third kappa shape index (κ3) is 4.92. The number of thiazole rings is 1. The Labute approximate surface area is 180 Å². The molecule has 3 aromatic rings. The quantitative estimate of drug-likeness (QED) is 0.444. The van der Waals surface area contributed by atoms with Gasteiger partial charge in [-0.05, 0) is 17.7 Å². The van der Waals surface area contributed by atoms with Crippen LogP contribution in [0, 0.1) is 0 Å². The van der Waals surface area contributed by atoms with Gasteiger partial charge < -0.3 is 20.1 Å². The lowest BCUT2D eigenvalue weighted by molar-refractivity contribution is 0.0170. The Hall–Kier alpha value is -2.62. The van der Waals surface area contributed by atoms with Gasteiger partial charge in [-0.1, -0.05) is 12.1 Å². The van der Waals surface area contributed by atoms with Crippen LogP contribution in [0.25, 0.3) is 4.96 Å². The fourth-order valence-electron chi connectivity index (χ4n) is 3.62. The van der Waals surface area contributed by atoms with Crippen LogP contribution in [0.5, 0.6) is 5.75 Å². The van der Waals surface area contributed by atoms with Gasteiger partial charge in [-0.15, -0.1) is 11.3 Å². The fourth-order valence-corrected chi connectivity index (χ4v) is 4.34. The summed E-state index contributed by atoms with van der Waals surface area (Å²) in [6.45, 7) is 4.71. The highest BCUT2D eigenvalue weighted by Gasteiger charge is 2.23. The summed E-state index contributed by atoms with van der Waals surface area (Å²) in [6.07, 6.45) is 4.06. The van der Waals surface area contributed by atoms with Crippen LogP contribution >= 0.6 is 11.3 Å². The summed E-state index contributed by atoms with van der Waals surface area (Å²) in [7, 11) is 3.48. The molecule has 1 atom stereocenters. The van der Waals surface area contributed by atoms with Gasteiger partial charge in [0.2, 0.25) is 0 Å². The van der Waals surface area contributed by atoms with Crippen molar-refractivity contribution in [1.29, 1.82) is 0 Å². The first-order valence-corrected chi connectivity index (χ1v) is 11.0. The molecule has 30 heavy (non-hydrogen) atoms. The van der Waals surface area contributed by atoms with Gasteiger partial charge in [-0.2, -0.15) is 0 Å². The largest absolute Gasteiger partial charge is 0.497 e. The molecular formula is C21H28N6O2S. The lowest BCUT2D eigenvalue weighted by Crippen LogP contribution is -2.46. The van der Waals surface area contributed by atoms with E-state index in [2.05, 4.69) is 37.6 Å². The number of morpholine rings is 1. The molecule has 0 amide bonds. The lowest BCUT2D eigenvalue weighted by Gasteiger charge is -2.35. The molecule has 0 bridgehead atoms. The number of hydrogen-bond donors (Lipinski definition) is 2. The number of methoxy groups -OCH3 is 1. The Morgan fingerprint density at radius 1 is 1.27 bits per heavy atom. The lowest BCUT2D eigenvalue weighted by atomic mass is 10.0. The summed E-state index contributed by atoms with van der Waals surface area (Å²) in [5.41, 5.74) is 2.24. The van der Waals surface area contributed by atoms with Gasteiger partial charge in [0.25, 0.3) is 0 Å². The molecule has 2 N–H and O–H groups in total. The van der Waals surface area contributed by atoms with Crippen molar-refractivity contribution in [2.75, 3.05) is 47.0 Å². The zero-order chi connectivity index (χ0) is 20.8. The molecule has 0 saturated carbocycles. The predicted molar refractivity (Wildman–Crippen MR) is 119 cm³/mol. The molecule has 3 heterocycles. The smallest absolute Gasteiger partial charge is 0.193 e. The second kappa shape index (κ2) is 9.92. The monoisotopic (exact) mass is 428 g/mol. The highest BCUT2D eigenvalue weighted by Crippen LogP contribution is 2.23. The topological polar surface area (TPSA) is 75.4 Å². The Morgan fingerprint density at radius 3 is 2.77 bits per heavy atom. The maximum absolute atomic E-state index is 5.55. The number of guanidine groups is 1. The molecule has 1 aliphatic heterocycles. The summed E-state index contributed by atoms with van der Waals surface area (Å²) in [6, 6.07) is 8.51. The predicted octanol–water partition coefficient (Wildman–Crippen LogP) is 2.14. The maximum Gasteiger partial charge on any atom is 0.193 e. The number of fused-ring (bicyclic) bond motifs is 1. The van der Waals surface area contributed by atoms with Crippen LogP contribution in [0.2, 0.25) is 0 Å². The van der Waals surface area contributed by atoms with Gasteiger partial charge in [-0.25, -0.2) is 4.98 Å². The van der Waals surface area contributed by atoms with Crippen molar-refractivity contribution < 1.29 is 9.47 Å². The number of nitrogens with one attached hydrogen (secondary N) is 2. The van der Waals surface area contributed by atoms with Gasteiger partial charge in [-0.3, -0.25) is 14.3 Å². The number of aliphatic imine (C=N–C) groups is 1. The summed E-state index contributed by atoms with van der Waals surface area (Å²) < 4.78 is 12.9. The highest BCUT2D eigenvalue weighted by atomic mass is 32.1. The van der Waals surface area contributed by atoms with E-state index in [1.54, 1.807) is 25.5 Å². The molecule has 1 unspecified atom stereocenters. The summed E-state index contributed by atoms with van der Waals surface area (Å²) in [4.78, 5) is 12.5. The second-order valence-electron chi connectivity index (χ2n) is 7.07. The van der Waals surface area contributed by atoms with Crippen molar-refractivity contribution >= 4 is 22.3 Å². The Kier molecular flexibility index (Phi) is 6.83. The van der Waals surface area contributed by atoms with E-state index in [4.69, 9.17) is 9.47 Å². The van der Waals surface area contributed by atoms with E-state index >= 15 is 0 Å². The summed E-state index contributed by atoms with van der Waals surface area (Å²) in [5, 5.41) is 8.89. The van der Waals surface area contributed by atoms with Crippen LogP contribution in [-0.2, 0) is 11.3 Å². The minimum atomic E-state index is 0.219. The molecule has 4 rings (SSSR count). The fraction of sp³-hybridized carbons (Fsp3) is 0.429. The number of imidazole rings is 1. The zero-order valence-electron chi connectivity index (χ0n) is 17.4. The number of aromatic nitrogens is 2. The van der Waals surface area contributed by atoms with E-state index in [1.807, 2.05) is 34.3 Å². The van der Waals surface area contributed by atoms with Gasteiger partial charge in [0.15, 0.2) is 10.9 Å². The van der Waals surface area contributed by atoms with E-state index < -0.39 is 0 Å². The van der Waals surface area contributed by atoms with Crippen molar-refractivity contribution in [3.8, 4) is 5.75 Å². The second-order valence-corrected chi connectivity index (χ2v) is 7.94. The van der Waals surface area contributed by atoms with Crippen molar-refractivity contribution in [3.05, 3.63) is 53.3 Å². The summed E-state index contributed by atoms with van der Waals surface area (Å²) in [5.74, 6) is 1.63. The highest BCUT2D eigenvalue weighted by molar-refractivity contribution is 7.15. The first-order valence-electron chi connectivity index (χ1n) is 10.1. The van der Waals surface area contributed by atoms with Crippen molar-refractivity contribution in [2.45, 2.75) is 12.6 Å². The molecule has 2 aromatic heterocycles. The van der Waals surface area contributed by atoms with E-state index in [9.17, 15) is 0 Å². The van der Waals surface area contributed by atoms with Crippen molar-refractivity contribution in [2.24, 2.45) is 4.99 Å². The van der Waals surface area contributed by atoms with Crippen molar-refractivity contribution in [3.63, 3.8) is 0 Å². The average molecular weight is 429 g/mol. The van der Waals surface area contributed by atoms with Gasteiger partial charge in [0, 0.05) is 44.5 Å². The molecule has 8 nitrogen and oxygen atoms in total. The molecular weight excluding hydrogens is 400 g/mol. The van der Waals surface area contributed by atoms with Crippen LogP contribution < -0.4 is 15.4 Å². The van der Waals surface area contributed by atoms with Crippen LogP contribution in [0.3, 0.4) is 0 Å². The average Bonchev–Trinajstić information content (AvgIpc) is 3.39. The number of ether oxygens (including phenoxy) is 2.